The molecule has 1 fully saturated rings. The molecule has 2 aliphatic carbocycles. The predicted molar refractivity (Wildman–Crippen MR) is 134 cm³/mol. The van der Waals surface area contributed by atoms with Crippen LogP contribution in [0, 0.1) is 5.41 Å². The van der Waals surface area contributed by atoms with Crippen LogP contribution in [-0.2, 0) is 9.53 Å². The smallest absolute Gasteiger partial charge is 0.407 e. The fourth-order valence-corrected chi connectivity index (χ4v) is 4.94. The second-order valence-electron chi connectivity index (χ2n) is 8.91. The highest BCUT2D eigenvalue weighted by Crippen LogP contribution is 2.46. The largest absolute Gasteiger partial charge is 0.478 e. The van der Waals surface area contributed by atoms with E-state index in [0.717, 1.165) is 22.3 Å². The molecule has 2 amide bonds. The highest BCUT2D eigenvalue weighted by Gasteiger charge is 2.50. The average Bonchev–Trinajstić information content (AvgIpc) is 3.59. The van der Waals surface area contributed by atoms with Gasteiger partial charge in [-0.05, 0) is 53.3 Å². The van der Waals surface area contributed by atoms with Gasteiger partial charge in [0.15, 0.2) is 0 Å². The molecule has 0 bridgehead atoms. The van der Waals surface area contributed by atoms with Gasteiger partial charge in [-0.3, -0.25) is 4.79 Å². The Morgan fingerprint density at radius 1 is 0.971 bits per heavy atom. The molecule has 0 unspecified atom stereocenters. The lowest BCUT2D eigenvalue weighted by Crippen LogP contribution is -2.37. The molecule has 0 aliphatic heterocycles. The molecular formula is C27H23BrN2O5. The van der Waals surface area contributed by atoms with Crippen LogP contribution in [0.3, 0.4) is 0 Å². The fourth-order valence-electron chi connectivity index (χ4n) is 4.58. The van der Waals surface area contributed by atoms with Gasteiger partial charge in [0.05, 0.1) is 16.7 Å². The zero-order chi connectivity index (χ0) is 24.6. The Labute approximate surface area is 210 Å². The van der Waals surface area contributed by atoms with Crippen molar-refractivity contribution in [3.05, 3.63) is 87.9 Å². The molecule has 1 saturated carbocycles. The highest BCUT2D eigenvalue weighted by molar-refractivity contribution is 9.10. The van der Waals surface area contributed by atoms with E-state index in [1.54, 1.807) is 12.1 Å². The molecule has 3 aromatic carbocycles. The van der Waals surface area contributed by atoms with Crippen LogP contribution in [0.1, 0.15) is 40.2 Å². The number of aromatic carboxylic acids is 1. The van der Waals surface area contributed by atoms with Gasteiger partial charge in [-0.15, -0.1) is 0 Å². The van der Waals surface area contributed by atoms with E-state index >= 15 is 0 Å². The van der Waals surface area contributed by atoms with Gasteiger partial charge in [0.25, 0.3) is 0 Å². The first kappa shape index (κ1) is 23.1. The van der Waals surface area contributed by atoms with Crippen molar-refractivity contribution in [1.82, 2.24) is 5.32 Å². The number of carboxylic acid groups (broad SMARTS) is 1. The van der Waals surface area contributed by atoms with Gasteiger partial charge in [0.2, 0.25) is 5.91 Å². The summed E-state index contributed by atoms with van der Waals surface area (Å²) in [6.45, 7) is 0.314. The summed E-state index contributed by atoms with van der Waals surface area (Å²) < 4.78 is 6.16. The van der Waals surface area contributed by atoms with Gasteiger partial charge in [-0.25, -0.2) is 9.59 Å². The Morgan fingerprint density at radius 2 is 1.60 bits per heavy atom. The number of alkyl carbamates (subject to hydrolysis) is 1. The number of rotatable bonds is 7. The van der Waals surface area contributed by atoms with Gasteiger partial charge in [-0.1, -0.05) is 64.5 Å². The Bertz CT molecular complexity index is 1290. The minimum atomic E-state index is -1.14. The first-order valence-electron chi connectivity index (χ1n) is 11.3. The molecule has 0 atom stereocenters. The van der Waals surface area contributed by atoms with Crippen molar-refractivity contribution < 1.29 is 24.2 Å². The van der Waals surface area contributed by atoms with Gasteiger partial charge in [-0.2, -0.15) is 0 Å². The summed E-state index contributed by atoms with van der Waals surface area (Å²) in [5, 5.41) is 14.9. The molecule has 0 heterocycles. The van der Waals surface area contributed by atoms with E-state index in [9.17, 15) is 19.5 Å². The van der Waals surface area contributed by atoms with E-state index in [0.29, 0.717) is 17.3 Å². The molecule has 7 nitrogen and oxygen atoms in total. The molecule has 5 rings (SSSR count). The second kappa shape index (κ2) is 9.19. The SMILES string of the molecule is O=C(NCC1(C(=O)Nc2ccc(Br)cc2C(=O)O)CC1)OCC1c2ccccc2-c2ccccc21. The van der Waals surface area contributed by atoms with Crippen LogP contribution < -0.4 is 10.6 Å². The van der Waals surface area contributed by atoms with Crippen molar-refractivity contribution in [3.8, 4) is 11.1 Å². The number of amides is 2. The Kier molecular flexibility index (Phi) is 6.06. The van der Waals surface area contributed by atoms with Crippen LogP contribution in [0.25, 0.3) is 11.1 Å². The molecule has 0 aromatic heterocycles. The van der Waals surface area contributed by atoms with Crippen LogP contribution >= 0.6 is 15.9 Å². The molecule has 2 aliphatic rings. The molecule has 0 radical (unpaired) electrons. The van der Waals surface area contributed by atoms with Crippen molar-refractivity contribution in [2.75, 3.05) is 18.5 Å². The van der Waals surface area contributed by atoms with E-state index in [1.165, 1.54) is 6.07 Å². The Balaban J connectivity index is 1.19. The summed E-state index contributed by atoms with van der Waals surface area (Å²) in [5.74, 6) is -1.50. The topological polar surface area (TPSA) is 105 Å². The van der Waals surface area contributed by atoms with Gasteiger partial charge in [0.1, 0.15) is 6.61 Å². The van der Waals surface area contributed by atoms with Crippen LogP contribution in [0.4, 0.5) is 10.5 Å². The number of hydrogen-bond donors (Lipinski definition) is 3. The summed E-state index contributed by atoms with van der Waals surface area (Å²) in [7, 11) is 0. The number of carbonyl (C=O) groups excluding carboxylic acids is 2. The van der Waals surface area contributed by atoms with Crippen LogP contribution in [-0.4, -0.2) is 36.2 Å². The normalized spacial score (nSPS) is 15.0. The average molecular weight is 535 g/mol. The van der Waals surface area contributed by atoms with E-state index in [2.05, 4.69) is 50.8 Å². The second-order valence-corrected chi connectivity index (χ2v) is 9.82. The Hall–Kier alpha value is -3.65. The number of fused-ring (bicyclic) bond motifs is 3. The van der Waals surface area contributed by atoms with E-state index in [4.69, 9.17) is 4.74 Å². The lowest BCUT2D eigenvalue weighted by molar-refractivity contribution is -0.120. The van der Waals surface area contributed by atoms with E-state index in [1.807, 2.05) is 24.3 Å². The third-order valence-corrected chi connectivity index (χ3v) is 7.20. The quantitative estimate of drug-likeness (QED) is 0.376. The van der Waals surface area contributed by atoms with Crippen molar-refractivity contribution in [2.45, 2.75) is 18.8 Å². The van der Waals surface area contributed by atoms with E-state index < -0.39 is 17.5 Å². The van der Waals surface area contributed by atoms with Crippen LogP contribution in [0.2, 0.25) is 0 Å². The van der Waals surface area contributed by atoms with Gasteiger partial charge >= 0.3 is 12.1 Å². The number of nitrogens with one attached hydrogen (secondary N) is 2. The number of ether oxygens (including phenoxy) is 1. The minimum absolute atomic E-state index is 0.00646. The number of halogens is 1. The standard InChI is InChI=1S/C27H23BrN2O5/c28-16-9-10-23(21(13-16)24(31)32)30-25(33)27(11-12-27)15-29-26(34)35-14-22-19-7-3-1-5-17(19)18-6-2-4-8-20(18)22/h1-10,13,22H,11-12,14-15H2,(H,29,34)(H,30,33)(H,31,32). The summed E-state index contributed by atoms with van der Waals surface area (Å²) in [5.41, 5.74) is 4.01. The van der Waals surface area contributed by atoms with Crippen molar-refractivity contribution in [2.24, 2.45) is 5.41 Å². The van der Waals surface area contributed by atoms with Crippen molar-refractivity contribution in [1.29, 1.82) is 0 Å². The summed E-state index contributed by atoms with van der Waals surface area (Å²) in [6, 6.07) is 20.9. The van der Waals surface area contributed by atoms with Crippen LogP contribution in [0.15, 0.2) is 71.2 Å². The van der Waals surface area contributed by atoms with E-state index in [-0.39, 0.29) is 36.2 Å². The molecule has 3 N–H and O–H groups in total. The third kappa shape index (κ3) is 4.53. The lowest BCUT2D eigenvalue weighted by atomic mass is 9.98. The maximum absolute atomic E-state index is 12.9. The number of anilines is 1. The highest BCUT2D eigenvalue weighted by atomic mass is 79.9. The predicted octanol–water partition coefficient (Wildman–Crippen LogP) is 5.40. The number of carbonyl (C=O) groups is 3. The zero-order valence-corrected chi connectivity index (χ0v) is 20.3. The molecule has 8 heteroatoms. The Morgan fingerprint density at radius 3 is 2.20 bits per heavy atom. The molecule has 35 heavy (non-hydrogen) atoms. The number of carboxylic acids is 1. The number of benzene rings is 3. The lowest BCUT2D eigenvalue weighted by Gasteiger charge is -2.18. The monoisotopic (exact) mass is 534 g/mol. The maximum atomic E-state index is 12.9. The zero-order valence-electron chi connectivity index (χ0n) is 18.7. The summed E-state index contributed by atoms with van der Waals surface area (Å²) in [6.07, 6.45) is 0.615. The van der Waals surface area contributed by atoms with Crippen molar-refractivity contribution >= 4 is 39.6 Å². The molecule has 0 saturated heterocycles. The third-order valence-electron chi connectivity index (χ3n) is 6.71. The van der Waals surface area contributed by atoms with Crippen molar-refractivity contribution in [3.63, 3.8) is 0 Å². The first-order valence-corrected chi connectivity index (χ1v) is 12.1. The van der Waals surface area contributed by atoms with Gasteiger partial charge in [0, 0.05) is 16.9 Å². The van der Waals surface area contributed by atoms with Gasteiger partial charge < -0.3 is 20.5 Å². The minimum Gasteiger partial charge on any atom is -0.478 e. The fraction of sp³-hybridized carbons (Fsp3) is 0.222. The summed E-state index contributed by atoms with van der Waals surface area (Å²) in [4.78, 5) is 36.9. The number of hydrogen-bond acceptors (Lipinski definition) is 4. The summed E-state index contributed by atoms with van der Waals surface area (Å²) >= 11 is 3.24. The molecule has 3 aromatic rings. The molecule has 178 valence electrons. The maximum Gasteiger partial charge on any atom is 0.407 e. The van der Waals surface area contributed by atoms with Crippen LogP contribution in [0.5, 0.6) is 0 Å². The molecule has 0 spiro atoms. The molecular weight excluding hydrogens is 512 g/mol. The first-order chi connectivity index (χ1) is 16.9.